The maximum atomic E-state index is 12.6. The zero-order valence-corrected chi connectivity index (χ0v) is 15.2. The average Bonchev–Trinajstić information content (AvgIpc) is 2.68. The number of para-hydroxylation sites is 1. The van der Waals surface area contributed by atoms with Gasteiger partial charge in [-0.15, -0.1) is 0 Å². The molecule has 1 aromatic heterocycles. The molecule has 0 atom stereocenters. The van der Waals surface area contributed by atoms with Crippen molar-refractivity contribution < 1.29 is 22.7 Å². The van der Waals surface area contributed by atoms with Gasteiger partial charge in [0.25, 0.3) is 11.5 Å². The molecule has 6 nitrogen and oxygen atoms in total. The van der Waals surface area contributed by atoms with Gasteiger partial charge in [-0.25, -0.2) is 4.98 Å². The van der Waals surface area contributed by atoms with Crippen LogP contribution in [0.3, 0.4) is 0 Å². The molecule has 0 spiro atoms. The van der Waals surface area contributed by atoms with Gasteiger partial charge < -0.3 is 15.0 Å². The van der Waals surface area contributed by atoms with Gasteiger partial charge in [-0.1, -0.05) is 36.4 Å². The Morgan fingerprint density at radius 1 is 1.14 bits per heavy atom. The van der Waals surface area contributed by atoms with E-state index in [0.29, 0.717) is 16.7 Å². The lowest BCUT2D eigenvalue weighted by Crippen LogP contribution is -2.28. The van der Waals surface area contributed by atoms with Crippen LogP contribution in [0.2, 0.25) is 0 Å². The number of rotatable bonds is 5. The summed E-state index contributed by atoms with van der Waals surface area (Å²) < 4.78 is 43.6. The van der Waals surface area contributed by atoms with Crippen molar-refractivity contribution in [1.29, 1.82) is 0 Å². The van der Waals surface area contributed by atoms with Crippen molar-refractivity contribution in [2.24, 2.45) is 12.8 Å². The second-order valence-electron chi connectivity index (χ2n) is 6.20. The van der Waals surface area contributed by atoms with Crippen LogP contribution < -0.4 is 16.0 Å². The summed E-state index contributed by atoms with van der Waals surface area (Å²) in [5.41, 5.74) is 6.14. The monoisotopic (exact) mass is 403 g/mol. The summed E-state index contributed by atoms with van der Waals surface area (Å²) in [5, 5.41) is 0. The van der Waals surface area contributed by atoms with E-state index in [-0.39, 0.29) is 17.1 Å². The summed E-state index contributed by atoms with van der Waals surface area (Å²) in [4.78, 5) is 28.0. The topological polar surface area (TPSA) is 87.2 Å². The molecule has 0 radical (unpaired) electrons. The Bertz CT molecular complexity index is 1120. The van der Waals surface area contributed by atoms with Crippen molar-refractivity contribution in [1.82, 2.24) is 9.55 Å². The van der Waals surface area contributed by atoms with Crippen molar-refractivity contribution in [3.8, 4) is 28.1 Å². The number of carbonyl (C=O) groups excluding carboxylic acids is 1. The third-order valence-electron chi connectivity index (χ3n) is 4.16. The van der Waals surface area contributed by atoms with Gasteiger partial charge in [-0.2, -0.15) is 13.2 Å². The Morgan fingerprint density at radius 3 is 2.52 bits per heavy atom. The third-order valence-corrected chi connectivity index (χ3v) is 4.16. The molecule has 0 aliphatic heterocycles. The van der Waals surface area contributed by atoms with Crippen molar-refractivity contribution in [2.45, 2.75) is 6.18 Å². The molecular weight excluding hydrogens is 387 g/mol. The zero-order valence-electron chi connectivity index (χ0n) is 15.2. The summed E-state index contributed by atoms with van der Waals surface area (Å²) in [7, 11) is 1.40. The van der Waals surface area contributed by atoms with Gasteiger partial charge >= 0.3 is 6.18 Å². The largest absolute Gasteiger partial charge is 0.483 e. The van der Waals surface area contributed by atoms with Gasteiger partial charge in [0, 0.05) is 18.2 Å². The van der Waals surface area contributed by atoms with Crippen LogP contribution in [0.15, 0.2) is 59.5 Å². The van der Waals surface area contributed by atoms with E-state index in [1.807, 2.05) is 0 Å². The first-order chi connectivity index (χ1) is 13.7. The molecular formula is C20H16F3N3O3. The van der Waals surface area contributed by atoms with Crippen LogP contribution in [-0.4, -0.2) is 28.2 Å². The highest BCUT2D eigenvalue weighted by Crippen LogP contribution is 2.32. The first-order valence-electron chi connectivity index (χ1n) is 8.42. The van der Waals surface area contributed by atoms with Gasteiger partial charge in [-0.05, 0) is 17.7 Å². The Balaban J connectivity index is 2.03. The number of aromatic nitrogens is 2. The molecule has 1 amide bonds. The van der Waals surface area contributed by atoms with Crippen molar-refractivity contribution >= 4 is 5.91 Å². The maximum absolute atomic E-state index is 12.6. The van der Waals surface area contributed by atoms with Crippen molar-refractivity contribution in [2.75, 3.05) is 6.61 Å². The number of primary amides is 1. The van der Waals surface area contributed by atoms with Crippen LogP contribution in [0.1, 0.15) is 10.5 Å². The molecule has 0 unspecified atom stereocenters. The highest BCUT2D eigenvalue weighted by atomic mass is 19.4. The number of halogens is 3. The lowest BCUT2D eigenvalue weighted by atomic mass is 10.0. The van der Waals surface area contributed by atoms with Crippen molar-refractivity contribution in [3.63, 3.8) is 0 Å². The van der Waals surface area contributed by atoms with Crippen molar-refractivity contribution in [3.05, 3.63) is 70.8 Å². The third kappa shape index (κ3) is 4.45. The quantitative estimate of drug-likeness (QED) is 0.709. The molecule has 0 bridgehead atoms. The fourth-order valence-electron chi connectivity index (χ4n) is 2.79. The van der Waals surface area contributed by atoms with Gasteiger partial charge in [0.15, 0.2) is 6.61 Å². The Kier molecular flexibility index (Phi) is 5.40. The van der Waals surface area contributed by atoms with E-state index in [0.717, 1.165) is 4.57 Å². The van der Waals surface area contributed by atoms with Crippen LogP contribution in [-0.2, 0) is 7.05 Å². The normalized spacial score (nSPS) is 11.3. The molecule has 0 saturated carbocycles. The predicted molar refractivity (Wildman–Crippen MR) is 100 cm³/mol. The zero-order chi connectivity index (χ0) is 21.2. The Hall–Kier alpha value is -3.62. The maximum Gasteiger partial charge on any atom is 0.422 e. The number of hydrogen-bond donors (Lipinski definition) is 1. The minimum absolute atomic E-state index is 0.0409. The lowest BCUT2D eigenvalue weighted by Gasteiger charge is -2.14. The summed E-state index contributed by atoms with van der Waals surface area (Å²) in [6.45, 7) is -1.42. The number of carbonyl (C=O) groups is 1. The van der Waals surface area contributed by atoms with E-state index in [1.165, 1.54) is 19.3 Å². The molecule has 3 aromatic rings. The second-order valence-corrected chi connectivity index (χ2v) is 6.20. The summed E-state index contributed by atoms with van der Waals surface area (Å²) in [6, 6.07) is 12.9. The van der Waals surface area contributed by atoms with E-state index in [9.17, 15) is 22.8 Å². The van der Waals surface area contributed by atoms with Crippen LogP contribution in [0.25, 0.3) is 22.4 Å². The van der Waals surface area contributed by atoms with Gasteiger partial charge in [-0.3, -0.25) is 9.59 Å². The summed E-state index contributed by atoms with van der Waals surface area (Å²) in [6.07, 6.45) is -3.26. The van der Waals surface area contributed by atoms with E-state index in [2.05, 4.69) is 4.98 Å². The van der Waals surface area contributed by atoms with Gasteiger partial charge in [0.05, 0.1) is 6.20 Å². The number of ether oxygens (including phenoxy) is 1. The lowest BCUT2D eigenvalue weighted by molar-refractivity contribution is -0.153. The fourth-order valence-corrected chi connectivity index (χ4v) is 2.79. The smallest absolute Gasteiger partial charge is 0.422 e. The average molecular weight is 403 g/mol. The summed E-state index contributed by atoms with van der Waals surface area (Å²) >= 11 is 0. The van der Waals surface area contributed by atoms with E-state index < -0.39 is 24.2 Å². The standard InChI is InChI=1S/C20H16F3N3O3/c1-26-15(18(24)27)10-25-17(19(26)28)13-6-4-5-12(9-13)14-7-2-3-8-16(14)29-11-20(21,22)23/h2-10H,11H2,1H3,(H2,24,27). The van der Waals surface area contributed by atoms with E-state index in [4.69, 9.17) is 10.5 Å². The first-order valence-corrected chi connectivity index (χ1v) is 8.42. The minimum Gasteiger partial charge on any atom is -0.483 e. The number of nitrogens with zero attached hydrogens (tertiary/aromatic N) is 2. The minimum atomic E-state index is -4.47. The number of amides is 1. The Morgan fingerprint density at radius 2 is 1.83 bits per heavy atom. The predicted octanol–water partition coefficient (Wildman–Crippen LogP) is 3.15. The second kappa shape index (κ2) is 7.78. The van der Waals surface area contributed by atoms with Crippen LogP contribution in [0.4, 0.5) is 13.2 Å². The van der Waals surface area contributed by atoms with Crippen LogP contribution in [0, 0.1) is 0 Å². The molecule has 0 aliphatic rings. The number of alkyl halides is 3. The fraction of sp³-hybridized carbons (Fsp3) is 0.150. The molecule has 1 heterocycles. The van der Waals surface area contributed by atoms with Crippen LogP contribution >= 0.6 is 0 Å². The first kappa shape index (κ1) is 20.1. The molecule has 29 heavy (non-hydrogen) atoms. The molecule has 150 valence electrons. The van der Waals surface area contributed by atoms with Gasteiger partial charge in [0.2, 0.25) is 0 Å². The molecule has 0 saturated heterocycles. The number of nitrogens with two attached hydrogens (primary N) is 1. The molecule has 3 rings (SSSR count). The van der Waals surface area contributed by atoms with E-state index in [1.54, 1.807) is 42.5 Å². The highest BCUT2D eigenvalue weighted by Gasteiger charge is 2.28. The van der Waals surface area contributed by atoms with E-state index >= 15 is 0 Å². The van der Waals surface area contributed by atoms with Gasteiger partial charge in [0.1, 0.15) is 17.1 Å². The molecule has 9 heteroatoms. The SMILES string of the molecule is Cn1c(C(N)=O)cnc(-c2cccc(-c3ccccc3OCC(F)(F)F)c2)c1=O. The molecule has 2 aromatic carbocycles. The number of benzene rings is 2. The molecule has 2 N–H and O–H groups in total. The van der Waals surface area contributed by atoms with Crippen LogP contribution in [0.5, 0.6) is 5.75 Å². The summed E-state index contributed by atoms with van der Waals surface area (Å²) in [5.74, 6) is -0.722. The molecule has 0 fully saturated rings. The Labute approximate surface area is 163 Å². The number of hydrogen-bond acceptors (Lipinski definition) is 4. The highest BCUT2D eigenvalue weighted by molar-refractivity contribution is 5.91. The molecule has 0 aliphatic carbocycles.